The second-order valence-corrected chi connectivity index (χ2v) is 5.76. The first-order chi connectivity index (χ1) is 9.60. The van der Waals surface area contributed by atoms with Gasteiger partial charge < -0.3 is 9.88 Å². The van der Waals surface area contributed by atoms with Crippen molar-refractivity contribution in [1.82, 2.24) is 14.9 Å². The molecule has 0 bridgehead atoms. The fourth-order valence-electron chi connectivity index (χ4n) is 2.13. The lowest BCUT2D eigenvalue weighted by atomic mass is 10.0. The third kappa shape index (κ3) is 3.90. The predicted molar refractivity (Wildman–Crippen MR) is 82.0 cm³/mol. The summed E-state index contributed by atoms with van der Waals surface area (Å²) in [6, 6.07) is 4.88. The lowest BCUT2D eigenvalue weighted by Crippen LogP contribution is -2.24. The standard InChI is InChI=1S/C15H19BrFN3/c1-3-6-18-14(15-9-20(2)10-19-15)8-11-7-12(17)4-5-13(11)16/h4-5,7,9-10,14,18H,3,6,8H2,1-2H3. The van der Waals surface area contributed by atoms with E-state index in [0.717, 1.165) is 28.7 Å². The van der Waals surface area contributed by atoms with Crippen LogP contribution in [-0.2, 0) is 13.5 Å². The Morgan fingerprint density at radius 1 is 1.45 bits per heavy atom. The van der Waals surface area contributed by atoms with Gasteiger partial charge in [0.25, 0.3) is 0 Å². The highest BCUT2D eigenvalue weighted by atomic mass is 79.9. The van der Waals surface area contributed by atoms with Gasteiger partial charge in [0, 0.05) is 17.7 Å². The van der Waals surface area contributed by atoms with Crippen molar-refractivity contribution in [1.29, 1.82) is 0 Å². The van der Waals surface area contributed by atoms with Gasteiger partial charge in [0.05, 0.1) is 18.1 Å². The molecule has 0 saturated heterocycles. The van der Waals surface area contributed by atoms with Crippen LogP contribution in [0, 0.1) is 5.82 Å². The Balaban J connectivity index is 2.21. The van der Waals surface area contributed by atoms with E-state index in [1.54, 1.807) is 18.5 Å². The molecule has 0 saturated carbocycles. The molecule has 1 atom stereocenters. The number of aromatic nitrogens is 2. The molecular weight excluding hydrogens is 321 g/mol. The van der Waals surface area contributed by atoms with Crippen molar-refractivity contribution in [3.05, 3.63) is 52.3 Å². The second kappa shape index (κ2) is 6.99. The Kier molecular flexibility index (Phi) is 5.31. The molecule has 1 unspecified atom stereocenters. The number of aryl methyl sites for hydroxylation is 1. The number of hydrogen-bond acceptors (Lipinski definition) is 2. The van der Waals surface area contributed by atoms with Crippen molar-refractivity contribution in [2.24, 2.45) is 7.05 Å². The molecule has 1 heterocycles. The number of benzene rings is 1. The van der Waals surface area contributed by atoms with Gasteiger partial charge in [0.15, 0.2) is 0 Å². The lowest BCUT2D eigenvalue weighted by molar-refractivity contribution is 0.516. The molecule has 20 heavy (non-hydrogen) atoms. The van der Waals surface area contributed by atoms with Crippen LogP contribution >= 0.6 is 15.9 Å². The number of halogens is 2. The zero-order valence-electron chi connectivity index (χ0n) is 11.7. The first-order valence-corrected chi connectivity index (χ1v) is 7.54. The quantitative estimate of drug-likeness (QED) is 0.871. The van der Waals surface area contributed by atoms with E-state index in [9.17, 15) is 4.39 Å². The Hall–Kier alpha value is -1.20. The molecule has 0 amide bonds. The molecule has 1 aromatic heterocycles. The zero-order chi connectivity index (χ0) is 14.5. The fraction of sp³-hybridized carbons (Fsp3) is 0.400. The zero-order valence-corrected chi connectivity index (χ0v) is 13.3. The van der Waals surface area contributed by atoms with Crippen LogP contribution in [0.4, 0.5) is 4.39 Å². The van der Waals surface area contributed by atoms with E-state index in [4.69, 9.17) is 0 Å². The molecule has 1 N–H and O–H groups in total. The molecule has 0 radical (unpaired) electrons. The highest BCUT2D eigenvalue weighted by molar-refractivity contribution is 9.10. The first kappa shape index (κ1) is 15.2. The largest absolute Gasteiger partial charge is 0.340 e. The van der Waals surface area contributed by atoms with Gasteiger partial charge in [-0.05, 0) is 43.1 Å². The van der Waals surface area contributed by atoms with Crippen molar-refractivity contribution in [2.75, 3.05) is 6.54 Å². The molecule has 0 aliphatic carbocycles. The van der Waals surface area contributed by atoms with E-state index in [2.05, 4.69) is 33.2 Å². The summed E-state index contributed by atoms with van der Waals surface area (Å²) in [5.41, 5.74) is 1.93. The minimum Gasteiger partial charge on any atom is -0.340 e. The second-order valence-electron chi connectivity index (χ2n) is 4.91. The molecule has 2 aromatic rings. The summed E-state index contributed by atoms with van der Waals surface area (Å²) in [5.74, 6) is -0.210. The highest BCUT2D eigenvalue weighted by Gasteiger charge is 2.16. The maximum absolute atomic E-state index is 13.4. The van der Waals surface area contributed by atoms with Crippen molar-refractivity contribution in [3.8, 4) is 0 Å². The number of imidazole rings is 1. The van der Waals surface area contributed by atoms with Crippen LogP contribution in [0.2, 0.25) is 0 Å². The van der Waals surface area contributed by atoms with E-state index in [1.807, 2.05) is 17.8 Å². The maximum Gasteiger partial charge on any atom is 0.123 e. The van der Waals surface area contributed by atoms with E-state index in [-0.39, 0.29) is 11.9 Å². The van der Waals surface area contributed by atoms with E-state index < -0.39 is 0 Å². The summed E-state index contributed by atoms with van der Waals surface area (Å²) in [6.07, 6.45) is 5.54. The van der Waals surface area contributed by atoms with Gasteiger partial charge in [-0.2, -0.15) is 0 Å². The van der Waals surface area contributed by atoms with Gasteiger partial charge in [-0.1, -0.05) is 22.9 Å². The Morgan fingerprint density at radius 2 is 2.25 bits per heavy atom. The van der Waals surface area contributed by atoms with Gasteiger partial charge in [0.1, 0.15) is 5.82 Å². The van der Waals surface area contributed by atoms with Crippen molar-refractivity contribution in [2.45, 2.75) is 25.8 Å². The van der Waals surface area contributed by atoms with Gasteiger partial charge >= 0.3 is 0 Å². The Morgan fingerprint density at radius 3 is 2.90 bits per heavy atom. The molecule has 5 heteroatoms. The van der Waals surface area contributed by atoms with Gasteiger partial charge in [-0.3, -0.25) is 0 Å². The SMILES string of the molecule is CCCNC(Cc1cc(F)ccc1Br)c1cn(C)cn1. The fourth-order valence-corrected chi connectivity index (χ4v) is 2.54. The summed E-state index contributed by atoms with van der Waals surface area (Å²) in [4.78, 5) is 4.41. The number of nitrogens with zero attached hydrogens (tertiary/aromatic N) is 2. The molecule has 0 aliphatic heterocycles. The van der Waals surface area contributed by atoms with Gasteiger partial charge in [-0.25, -0.2) is 9.37 Å². The van der Waals surface area contributed by atoms with Gasteiger partial charge in [-0.15, -0.1) is 0 Å². The molecule has 2 rings (SSSR count). The van der Waals surface area contributed by atoms with Crippen molar-refractivity contribution in [3.63, 3.8) is 0 Å². The van der Waals surface area contributed by atoms with Crippen molar-refractivity contribution < 1.29 is 4.39 Å². The van der Waals surface area contributed by atoms with Gasteiger partial charge in [0.2, 0.25) is 0 Å². The minimum atomic E-state index is -0.210. The van der Waals surface area contributed by atoms with E-state index in [1.165, 1.54) is 6.07 Å². The molecule has 0 aliphatic rings. The van der Waals surface area contributed by atoms with Crippen LogP contribution in [0.3, 0.4) is 0 Å². The minimum absolute atomic E-state index is 0.0919. The Bertz CT molecular complexity index is 568. The van der Waals surface area contributed by atoms with Crippen LogP contribution in [-0.4, -0.2) is 16.1 Å². The third-order valence-corrected chi connectivity index (χ3v) is 3.93. The number of hydrogen-bond donors (Lipinski definition) is 1. The van der Waals surface area contributed by atoms with Crippen LogP contribution in [0.25, 0.3) is 0 Å². The Labute approximate surface area is 127 Å². The number of rotatable bonds is 6. The highest BCUT2D eigenvalue weighted by Crippen LogP contribution is 2.24. The summed E-state index contributed by atoms with van der Waals surface area (Å²) in [6.45, 7) is 3.04. The average molecular weight is 340 g/mol. The average Bonchev–Trinajstić information content (AvgIpc) is 2.85. The summed E-state index contributed by atoms with van der Waals surface area (Å²) in [7, 11) is 1.95. The summed E-state index contributed by atoms with van der Waals surface area (Å²) < 4.78 is 16.3. The van der Waals surface area contributed by atoms with Crippen LogP contribution < -0.4 is 5.32 Å². The molecule has 1 aromatic carbocycles. The summed E-state index contributed by atoms with van der Waals surface area (Å²) in [5, 5.41) is 3.48. The van der Waals surface area contributed by atoms with E-state index >= 15 is 0 Å². The summed E-state index contributed by atoms with van der Waals surface area (Å²) >= 11 is 3.48. The topological polar surface area (TPSA) is 29.9 Å². The van der Waals surface area contributed by atoms with E-state index in [0.29, 0.717) is 6.42 Å². The monoisotopic (exact) mass is 339 g/mol. The molecule has 3 nitrogen and oxygen atoms in total. The molecular formula is C15H19BrFN3. The maximum atomic E-state index is 13.4. The number of nitrogens with one attached hydrogen (secondary N) is 1. The smallest absolute Gasteiger partial charge is 0.123 e. The van der Waals surface area contributed by atoms with Crippen LogP contribution in [0.15, 0.2) is 35.2 Å². The molecule has 0 fully saturated rings. The molecule has 108 valence electrons. The van der Waals surface area contributed by atoms with Crippen molar-refractivity contribution >= 4 is 15.9 Å². The first-order valence-electron chi connectivity index (χ1n) is 6.75. The lowest BCUT2D eigenvalue weighted by Gasteiger charge is -2.17. The van der Waals surface area contributed by atoms with Crippen LogP contribution in [0.1, 0.15) is 30.6 Å². The normalized spacial score (nSPS) is 12.6. The predicted octanol–water partition coefficient (Wildman–Crippen LogP) is 3.61. The van der Waals surface area contributed by atoms with Crippen LogP contribution in [0.5, 0.6) is 0 Å². The third-order valence-electron chi connectivity index (χ3n) is 3.15. The molecule has 0 spiro atoms.